The standard InChI is InChI=1S/C8H19O2P.C6H15O2P.Na.H/c1-3-5-6-7-8(4-2)11(9)10;1-3-5-6(4-2)9(7)8;;/h8,11H,3-7H2,1-2H3,(H,9,10);6,9H,3-5H2,1-2H3,(H,7,8);;. The van der Waals surface area contributed by atoms with Crippen LogP contribution in [-0.2, 0) is 9.13 Å². The predicted molar refractivity (Wildman–Crippen MR) is 96.8 cm³/mol. The fraction of sp³-hybridized carbons (Fsp3) is 1.00. The van der Waals surface area contributed by atoms with Gasteiger partial charge in [0.05, 0.1) is 0 Å². The van der Waals surface area contributed by atoms with E-state index in [0.29, 0.717) is 0 Å². The Kier molecular flexibility index (Phi) is 25.2. The Morgan fingerprint density at radius 3 is 1.43 bits per heavy atom. The Hall–Kier alpha value is 1.38. The molecule has 0 aromatic heterocycles. The third-order valence-electron chi connectivity index (χ3n) is 3.48. The van der Waals surface area contributed by atoms with E-state index in [2.05, 4.69) is 6.92 Å². The molecule has 0 aliphatic rings. The second-order valence-electron chi connectivity index (χ2n) is 5.17. The molecule has 0 heterocycles. The van der Waals surface area contributed by atoms with Gasteiger partial charge in [0.2, 0.25) is 0 Å². The number of rotatable bonds is 10. The molecule has 0 saturated carbocycles. The molecule has 4 unspecified atom stereocenters. The maximum absolute atomic E-state index is 10.7. The molecule has 0 spiro atoms. The van der Waals surface area contributed by atoms with E-state index in [9.17, 15) is 9.13 Å². The summed E-state index contributed by atoms with van der Waals surface area (Å²) in [6.45, 7) is 8.12. The van der Waals surface area contributed by atoms with Crippen LogP contribution in [0.1, 0.15) is 79.1 Å². The first-order chi connectivity index (χ1) is 9.44. The maximum atomic E-state index is 10.7. The van der Waals surface area contributed by atoms with Crippen molar-refractivity contribution < 1.29 is 18.9 Å². The van der Waals surface area contributed by atoms with Crippen LogP contribution in [0.25, 0.3) is 0 Å². The van der Waals surface area contributed by atoms with Crippen LogP contribution in [0.15, 0.2) is 0 Å². The Bertz CT molecular complexity index is 265. The molecule has 0 fully saturated rings. The second-order valence-corrected chi connectivity index (χ2v) is 8.16. The molecule has 0 bridgehead atoms. The van der Waals surface area contributed by atoms with Gasteiger partial charge in [-0.3, -0.25) is 9.13 Å². The third kappa shape index (κ3) is 17.6. The van der Waals surface area contributed by atoms with Gasteiger partial charge < -0.3 is 9.79 Å². The number of hydrogen-bond donors (Lipinski definition) is 2. The van der Waals surface area contributed by atoms with Gasteiger partial charge in [-0.05, 0) is 25.7 Å². The van der Waals surface area contributed by atoms with Gasteiger partial charge in [0.25, 0.3) is 0 Å². The molecule has 4 nitrogen and oxygen atoms in total. The van der Waals surface area contributed by atoms with Gasteiger partial charge in [0.15, 0.2) is 16.1 Å². The van der Waals surface area contributed by atoms with Crippen molar-refractivity contribution in [3.05, 3.63) is 0 Å². The van der Waals surface area contributed by atoms with E-state index in [-0.39, 0.29) is 40.9 Å². The topological polar surface area (TPSA) is 74.6 Å². The summed E-state index contributed by atoms with van der Waals surface area (Å²) < 4.78 is 21.2. The van der Waals surface area contributed by atoms with Gasteiger partial charge in [-0.25, -0.2) is 0 Å². The van der Waals surface area contributed by atoms with Gasteiger partial charge in [-0.2, -0.15) is 0 Å². The molecule has 0 aliphatic heterocycles. The third-order valence-corrected chi connectivity index (χ3v) is 6.27. The molecular weight excluding hydrogens is 317 g/mol. The first kappa shape index (κ1) is 27.2. The summed E-state index contributed by atoms with van der Waals surface area (Å²) in [6, 6.07) is 0. The minimum atomic E-state index is -2.25. The van der Waals surface area contributed by atoms with E-state index in [4.69, 9.17) is 9.79 Å². The van der Waals surface area contributed by atoms with E-state index in [1.54, 1.807) is 0 Å². The molecule has 0 rings (SSSR count). The molecule has 0 aromatic carbocycles. The van der Waals surface area contributed by atoms with Crippen molar-refractivity contribution in [3.8, 4) is 0 Å². The van der Waals surface area contributed by atoms with Crippen LogP contribution >= 0.6 is 16.1 Å². The zero-order valence-electron chi connectivity index (χ0n) is 13.5. The van der Waals surface area contributed by atoms with Gasteiger partial charge >= 0.3 is 29.6 Å². The Balaban J connectivity index is -0.000000300. The number of unbranched alkanes of at least 4 members (excludes halogenated alkanes) is 2. The average molecular weight is 352 g/mol. The predicted octanol–water partition coefficient (Wildman–Crippen LogP) is 4.20. The summed E-state index contributed by atoms with van der Waals surface area (Å²) in [7, 11) is -4.49. The molecule has 0 amide bonds. The summed E-state index contributed by atoms with van der Waals surface area (Å²) in [5.74, 6) is 0. The van der Waals surface area contributed by atoms with Crippen LogP contribution in [0, 0.1) is 0 Å². The monoisotopic (exact) mass is 352 g/mol. The molecule has 0 saturated heterocycles. The molecule has 126 valence electrons. The van der Waals surface area contributed by atoms with E-state index in [1.807, 2.05) is 20.8 Å². The first-order valence-electron chi connectivity index (χ1n) is 7.89. The minimum absolute atomic E-state index is 0. The van der Waals surface area contributed by atoms with E-state index in [1.165, 1.54) is 12.8 Å². The molecule has 7 heteroatoms. The molecular formula is C14H35NaO4P2. The Morgan fingerprint density at radius 2 is 1.19 bits per heavy atom. The van der Waals surface area contributed by atoms with Crippen LogP contribution in [0.4, 0.5) is 0 Å². The van der Waals surface area contributed by atoms with Crippen molar-refractivity contribution in [2.45, 2.75) is 90.4 Å². The van der Waals surface area contributed by atoms with Crippen molar-refractivity contribution in [2.24, 2.45) is 0 Å². The van der Waals surface area contributed by atoms with Gasteiger partial charge in [0, 0.05) is 11.3 Å². The van der Waals surface area contributed by atoms with Crippen molar-refractivity contribution >= 4 is 45.6 Å². The molecule has 0 aromatic rings. The van der Waals surface area contributed by atoms with Gasteiger partial charge in [0.1, 0.15) is 0 Å². The zero-order valence-corrected chi connectivity index (χ0v) is 15.5. The van der Waals surface area contributed by atoms with Crippen LogP contribution in [0.2, 0.25) is 0 Å². The normalized spacial score (nSPS) is 15.9. The van der Waals surface area contributed by atoms with Gasteiger partial charge in [-0.1, -0.05) is 53.4 Å². The molecule has 21 heavy (non-hydrogen) atoms. The van der Waals surface area contributed by atoms with E-state index in [0.717, 1.165) is 38.5 Å². The zero-order chi connectivity index (χ0) is 16.0. The Labute approximate surface area is 154 Å². The van der Waals surface area contributed by atoms with Gasteiger partial charge in [-0.15, -0.1) is 0 Å². The fourth-order valence-corrected chi connectivity index (χ4v) is 3.68. The molecule has 4 atom stereocenters. The summed E-state index contributed by atoms with van der Waals surface area (Å²) in [6.07, 6.45) is 7.99. The number of hydrogen-bond acceptors (Lipinski definition) is 2. The summed E-state index contributed by atoms with van der Waals surface area (Å²) >= 11 is 0. The summed E-state index contributed by atoms with van der Waals surface area (Å²) in [5, 5.41) is 0. The summed E-state index contributed by atoms with van der Waals surface area (Å²) in [4.78, 5) is 17.5. The first-order valence-corrected chi connectivity index (χ1v) is 10.8. The Morgan fingerprint density at radius 1 is 0.762 bits per heavy atom. The van der Waals surface area contributed by atoms with E-state index >= 15 is 0 Å². The van der Waals surface area contributed by atoms with E-state index < -0.39 is 16.1 Å². The molecule has 2 N–H and O–H groups in total. The second kappa shape index (κ2) is 19.4. The molecule has 0 aliphatic carbocycles. The van der Waals surface area contributed by atoms with Crippen LogP contribution in [-0.4, -0.2) is 50.7 Å². The SMILES string of the molecule is CCCC(CC)[PH](=O)O.CCCCCC(CC)[PH](=O)O.[NaH]. The van der Waals surface area contributed by atoms with Crippen LogP contribution in [0.5, 0.6) is 0 Å². The van der Waals surface area contributed by atoms with Crippen molar-refractivity contribution in [1.82, 2.24) is 0 Å². The fourth-order valence-electron chi connectivity index (χ4n) is 1.99. The van der Waals surface area contributed by atoms with Crippen molar-refractivity contribution in [2.75, 3.05) is 0 Å². The molecule has 0 radical (unpaired) electrons. The van der Waals surface area contributed by atoms with Crippen molar-refractivity contribution in [3.63, 3.8) is 0 Å². The summed E-state index contributed by atoms with van der Waals surface area (Å²) in [5.41, 5.74) is 0.145. The van der Waals surface area contributed by atoms with Crippen LogP contribution < -0.4 is 0 Å². The quantitative estimate of drug-likeness (QED) is 0.351. The van der Waals surface area contributed by atoms with Crippen molar-refractivity contribution in [1.29, 1.82) is 0 Å². The van der Waals surface area contributed by atoms with Crippen LogP contribution in [0.3, 0.4) is 0 Å². The average Bonchev–Trinajstić information content (AvgIpc) is 2.41.